The van der Waals surface area contributed by atoms with E-state index in [1.807, 2.05) is 25.6 Å². The number of amides is 1. The zero-order valence-corrected chi connectivity index (χ0v) is 11.1. The minimum Gasteiger partial charge on any atom is -0.353 e. The summed E-state index contributed by atoms with van der Waals surface area (Å²) in [6, 6.07) is 0.646. The summed E-state index contributed by atoms with van der Waals surface area (Å²) < 4.78 is 0. The summed E-state index contributed by atoms with van der Waals surface area (Å²) in [5.41, 5.74) is 0. The van der Waals surface area contributed by atoms with E-state index in [4.69, 9.17) is 0 Å². The van der Waals surface area contributed by atoms with Gasteiger partial charge in [0.05, 0.1) is 6.54 Å². The van der Waals surface area contributed by atoms with Gasteiger partial charge in [-0.3, -0.25) is 4.79 Å². The SMILES string of the molecule is CCSCCC(C)NC(=O)CNC(C)C. The second-order valence-electron chi connectivity index (χ2n) is 3.99. The molecule has 1 atom stereocenters. The quantitative estimate of drug-likeness (QED) is 0.625. The van der Waals surface area contributed by atoms with Crippen molar-refractivity contribution in [3.63, 3.8) is 0 Å². The number of thioether (sulfide) groups is 1. The van der Waals surface area contributed by atoms with E-state index in [1.54, 1.807) is 0 Å². The van der Waals surface area contributed by atoms with E-state index in [0.717, 1.165) is 17.9 Å². The molecule has 0 spiro atoms. The molecular weight excluding hydrogens is 208 g/mol. The first kappa shape index (κ1) is 14.8. The van der Waals surface area contributed by atoms with Crippen LogP contribution in [0.4, 0.5) is 0 Å². The molecule has 0 heterocycles. The lowest BCUT2D eigenvalue weighted by atomic mass is 10.2. The van der Waals surface area contributed by atoms with Gasteiger partial charge >= 0.3 is 0 Å². The predicted octanol–water partition coefficient (Wildman–Crippen LogP) is 1.63. The Bertz CT molecular complexity index is 174. The molecule has 1 unspecified atom stereocenters. The Hall–Kier alpha value is -0.220. The molecule has 90 valence electrons. The number of rotatable bonds is 8. The molecular formula is C11H24N2OS. The third-order valence-corrected chi connectivity index (χ3v) is 2.91. The number of carbonyl (C=O) groups excluding carboxylic acids is 1. The van der Waals surface area contributed by atoms with E-state index in [2.05, 4.69) is 24.5 Å². The smallest absolute Gasteiger partial charge is 0.234 e. The van der Waals surface area contributed by atoms with Crippen LogP contribution in [0.15, 0.2) is 0 Å². The van der Waals surface area contributed by atoms with Crippen LogP contribution < -0.4 is 10.6 Å². The van der Waals surface area contributed by atoms with E-state index < -0.39 is 0 Å². The summed E-state index contributed by atoms with van der Waals surface area (Å²) in [5.74, 6) is 2.36. The van der Waals surface area contributed by atoms with Crippen LogP contribution in [0.5, 0.6) is 0 Å². The number of hydrogen-bond donors (Lipinski definition) is 2. The van der Waals surface area contributed by atoms with Crippen molar-refractivity contribution < 1.29 is 4.79 Å². The summed E-state index contributed by atoms with van der Waals surface area (Å²) in [6.07, 6.45) is 1.05. The number of carbonyl (C=O) groups is 1. The van der Waals surface area contributed by atoms with Crippen molar-refractivity contribution in [1.82, 2.24) is 10.6 Å². The van der Waals surface area contributed by atoms with Gasteiger partial charge in [0, 0.05) is 12.1 Å². The van der Waals surface area contributed by atoms with Crippen molar-refractivity contribution >= 4 is 17.7 Å². The van der Waals surface area contributed by atoms with Gasteiger partial charge in [0.1, 0.15) is 0 Å². The fourth-order valence-corrected chi connectivity index (χ4v) is 1.91. The molecule has 0 fully saturated rings. The fourth-order valence-electron chi connectivity index (χ4n) is 1.10. The monoisotopic (exact) mass is 232 g/mol. The van der Waals surface area contributed by atoms with Crippen LogP contribution in [0.3, 0.4) is 0 Å². The van der Waals surface area contributed by atoms with Crippen molar-refractivity contribution in [3.8, 4) is 0 Å². The Morgan fingerprint density at radius 3 is 2.53 bits per heavy atom. The minimum atomic E-state index is 0.0951. The highest BCUT2D eigenvalue weighted by Crippen LogP contribution is 2.03. The van der Waals surface area contributed by atoms with Crippen LogP contribution in [0, 0.1) is 0 Å². The highest BCUT2D eigenvalue weighted by molar-refractivity contribution is 7.99. The van der Waals surface area contributed by atoms with Crippen molar-refractivity contribution in [2.45, 2.75) is 46.2 Å². The lowest BCUT2D eigenvalue weighted by Gasteiger charge is -2.14. The van der Waals surface area contributed by atoms with Crippen molar-refractivity contribution in [2.75, 3.05) is 18.1 Å². The lowest BCUT2D eigenvalue weighted by molar-refractivity contribution is -0.120. The van der Waals surface area contributed by atoms with Gasteiger partial charge < -0.3 is 10.6 Å². The lowest BCUT2D eigenvalue weighted by Crippen LogP contribution is -2.41. The van der Waals surface area contributed by atoms with Crippen LogP contribution in [0.2, 0.25) is 0 Å². The molecule has 0 rings (SSSR count). The maximum absolute atomic E-state index is 11.4. The van der Waals surface area contributed by atoms with Crippen LogP contribution in [0.1, 0.15) is 34.1 Å². The molecule has 0 aromatic rings. The Kier molecular flexibility index (Phi) is 8.91. The maximum Gasteiger partial charge on any atom is 0.234 e. The van der Waals surface area contributed by atoms with Crippen LogP contribution in [0.25, 0.3) is 0 Å². The van der Waals surface area contributed by atoms with Gasteiger partial charge in [-0.15, -0.1) is 0 Å². The van der Waals surface area contributed by atoms with E-state index in [-0.39, 0.29) is 11.9 Å². The Morgan fingerprint density at radius 2 is 2.00 bits per heavy atom. The molecule has 15 heavy (non-hydrogen) atoms. The largest absolute Gasteiger partial charge is 0.353 e. The molecule has 0 aliphatic rings. The summed E-state index contributed by atoms with van der Waals surface area (Å²) in [4.78, 5) is 11.4. The highest BCUT2D eigenvalue weighted by atomic mass is 32.2. The third-order valence-electron chi connectivity index (χ3n) is 1.98. The van der Waals surface area contributed by atoms with Crippen LogP contribution >= 0.6 is 11.8 Å². The normalized spacial score (nSPS) is 12.9. The van der Waals surface area contributed by atoms with E-state index >= 15 is 0 Å². The molecule has 0 radical (unpaired) electrons. The molecule has 0 aromatic heterocycles. The molecule has 0 saturated carbocycles. The molecule has 0 bridgehead atoms. The fraction of sp³-hybridized carbons (Fsp3) is 0.909. The zero-order chi connectivity index (χ0) is 11.7. The summed E-state index contributed by atoms with van der Waals surface area (Å²) in [6.45, 7) is 8.70. The number of hydrogen-bond acceptors (Lipinski definition) is 3. The van der Waals surface area contributed by atoms with Crippen LogP contribution in [-0.2, 0) is 4.79 Å². The van der Waals surface area contributed by atoms with Gasteiger partial charge in [0.25, 0.3) is 0 Å². The molecule has 2 N–H and O–H groups in total. The zero-order valence-electron chi connectivity index (χ0n) is 10.3. The highest BCUT2D eigenvalue weighted by Gasteiger charge is 2.06. The molecule has 0 saturated heterocycles. The van der Waals surface area contributed by atoms with E-state index in [9.17, 15) is 4.79 Å². The Balaban J connectivity index is 3.49. The molecule has 0 aliphatic carbocycles. The van der Waals surface area contributed by atoms with Gasteiger partial charge in [-0.1, -0.05) is 20.8 Å². The standard InChI is InChI=1S/C11H24N2OS/c1-5-15-7-6-10(4)13-11(14)8-12-9(2)3/h9-10,12H,5-8H2,1-4H3,(H,13,14). The van der Waals surface area contributed by atoms with Gasteiger partial charge in [-0.25, -0.2) is 0 Å². The first-order valence-electron chi connectivity index (χ1n) is 5.66. The second-order valence-corrected chi connectivity index (χ2v) is 5.38. The summed E-state index contributed by atoms with van der Waals surface area (Å²) >= 11 is 1.91. The molecule has 3 nitrogen and oxygen atoms in total. The average Bonchev–Trinajstić information content (AvgIpc) is 2.15. The van der Waals surface area contributed by atoms with E-state index in [1.165, 1.54) is 0 Å². The Morgan fingerprint density at radius 1 is 1.33 bits per heavy atom. The third kappa shape index (κ3) is 10.1. The van der Waals surface area contributed by atoms with Gasteiger partial charge in [0.2, 0.25) is 5.91 Å². The molecule has 1 amide bonds. The van der Waals surface area contributed by atoms with Crippen LogP contribution in [-0.4, -0.2) is 36.0 Å². The minimum absolute atomic E-state index is 0.0951. The van der Waals surface area contributed by atoms with Crippen molar-refractivity contribution in [2.24, 2.45) is 0 Å². The predicted molar refractivity (Wildman–Crippen MR) is 68.4 cm³/mol. The summed E-state index contributed by atoms with van der Waals surface area (Å²) in [5, 5.41) is 6.08. The topological polar surface area (TPSA) is 41.1 Å². The maximum atomic E-state index is 11.4. The first-order valence-corrected chi connectivity index (χ1v) is 6.82. The van der Waals surface area contributed by atoms with Gasteiger partial charge in [0.15, 0.2) is 0 Å². The summed E-state index contributed by atoms with van der Waals surface area (Å²) in [7, 11) is 0. The van der Waals surface area contributed by atoms with Crippen molar-refractivity contribution in [3.05, 3.63) is 0 Å². The average molecular weight is 232 g/mol. The van der Waals surface area contributed by atoms with Gasteiger partial charge in [-0.2, -0.15) is 11.8 Å². The van der Waals surface area contributed by atoms with Gasteiger partial charge in [-0.05, 0) is 24.9 Å². The van der Waals surface area contributed by atoms with E-state index in [0.29, 0.717) is 12.6 Å². The first-order chi connectivity index (χ1) is 7.06. The molecule has 0 aromatic carbocycles. The Labute approximate surface area is 97.8 Å². The molecule has 4 heteroatoms. The number of nitrogens with one attached hydrogen (secondary N) is 2. The molecule has 0 aliphatic heterocycles. The van der Waals surface area contributed by atoms with Crippen molar-refractivity contribution in [1.29, 1.82) is 0 Å². The second kappa shape index (κ2) is 9.04.